The number of piperazine rings is 1. The summed E-state index contributed by atoms with van der Waals surface area (Å²) in [5.74, 6) is 0.320. The van der Waals surface area contributed by atoms with Crippen LogP contribution in [0.15, 0.2) is 35.5 Å². The number of rotatable bonds is 10. The second-order valence-electron chi connectivity index (χ2n) is 7.42. The molecule has 32 heavy (non-hydrogen) atoms. The molecule has 0 aliphatic carbocycles. The van der Waals surface area contributed by atoms with Crippen molar-refractivity contribution in [3.8, 4) is 5.75 Å². The summed E-state index contributed by atoms with van der Waals surface area (Å²) in [5, 5.41) is 6.62. The number of aryl methyl sites for hydroxylation is 1. The summed E-state index contributed by atoms with van der Waals surface area (Å²) in [6.45, 7) is 4.97. The van der Waals surface area contributed by atoms with Crippen LogP contribution in [0.4, 0.5) is 5.69 Å². The number of amides is 1. The minimum absolute atomic E-state index is 0.0500. The number of methoxy groups -OCH3 is 1. The van der Waals surface area contributed by atoms with Crippen LogP contribution in [0.3, 0.4) is 0 Å². The molecule has 0 saturated carbocycles. The number of ether oxygens (including phenoxy) is 2. The molecule has 1 saturated heterocycles. The molecule has 0 unspecified atom stereocenters. The zero-order valence-corrected chi connectivity index (χ0v) is 19.6. The Labute approximate surface area is 189 Å². The van der Waals surface area contributed by atoms with Crippen molar-refractivity contribution in [3.05, 3.63) is 36.0 Å². The molecule has 0 bridgehead atoms. The van der Waals surface area contributed by atoms with E-state index in [-0.39, 0.29) is 23.7 Å². The normalized spacial score (nSPS) is 15.0. The Kier molecular flexibility index (Phi) is 8.10. The molecular weight excluding hydrogens is 434 g/mol. The van der Waals surface area contributed by atoms with Crippen molar-refractivity contribution in [2.24, 2.45) is 7.05 Å². The second kappa shape index (κ2) is 10.8. The molecule has 0 radical (unpaired) electrons. The Morgan fingerprint density at radius 1 is 1.19 bits per heavy atom. The van der Waals surface area contributed by atoms with Crippen LogP contribution >= 0.6 is 0 Å². The van der Waals surface area contributed by atoms with Crippen LogP contribution in [0.25, 0.3) is 0 Å². The van der Waals surface area contributed by atoms with Crippen LogP contribution in [0.2, 0.25) is 0 Å². The number of carbonyl (C=O) groups excluding carboxylic acids is 1. The van der Waals surface area contributed by atoms with Gasteiger partial charge in [-0.1, -0.05) is 12.1 Å². The predicted octanol–water partition coefficient (Wildman–Crippen LogP) is 1.10. The smallest absolute Gasteiger partial charge is 0.263 e. The van der Waals surface area contributed by atoms with E-state index >= 15 is 0 Å². The van der Waals surface area contributed by atoms with Gasteiger partial charge in [0, 0.05) is 59.7 Å². The van der Waals surface area contributed by atoms with Crippen molar-refractivity contribution in [1.82, 2.24) is 19.4 Å². The average Bonchev–Trinajstić information content (AvgIpc) is 3.20. The molecule has 176 valence electrons. The van der Waals surface area contributed by atoms with Crippen LogP contribution < -0.4 is 15.0 Å². The van der Waals surface area contributed by atoms with Gasteiger partial charge in [0.15, 0.2) is 0 Å². The summed E-state index contributed by atoms with van der Waals surface area (Å²) in [5.41, 5.74) is 0.995. The molecule has 1 aromatic heterocycles. The van der Waals surface area contributed by atoms with E-state index in [1.807, 2.05) is 31.2 Å². The number of anilines is 1. The molecule has 1 amide bonds. The van der Waals surface area contributed by atoms with Crippen molar-refractivity contribution >= 4 is 21.6 Å². The Bertz CT molecular complexity index is 1020. The van der Waals surface area contributed by atoms with E-state index in [1.165, 1.54) is 15.2 Å². The van der Waals surface area contributed by atoms with Crippen molar-refractivity contribution in [3.63, 3.8) is 0 Å². The summed E-state index contributed by atoms with van der Waals surface area (Å²) < 4.78 is 40.1. The molecule has 1 fully saturated rings. The van der Waals surface area contributed by atoms with Crippen LogP contribution in [0.5, 0.6) is 5.75 Å². The maximum Gasteiger partial charge on any atom is 0.263 e. The number of aromatic nitrogens is 2. The number of hydrogen-bond donors (Lipinski definition) is 1. The molecule has 3 rings (SSSR count). The lowest BCUT2D eigenvalue weighted by atomic mass is 10.2. The summed E-state index contributed by atoms with van der Waals surface area (Å²) in [4.78, 5) is 14.7. The number of carbonyl (C=O) groups is 1. The maximum atomic E-state index is 13.3. The highest BCUT2D eigenvalue weighted by Crippen LogP contribution is 2.30. The maximum absolute atomic E-state index is 13.3. The van der Waals surface area contributed by atoms with Gasteiger partial charge in [0.05, 0.1) is 17.9 Å². The fraction of sp³-hybridized carbons (Fsp3) is 0.524. The quantitative estimate of drug-likeness (QED) is 0.524. The summed E-state index contributed by atoms with van der Waals surface area (Å²) >= 11 is 0. The molecular formula is C21H31N5O5S. The molecule has 2 heterocycles. The molecule has 1 N–H and O–H groups in total. The van der Waals surface area contributed by atoms with E-state index in [2.05, 4.69) is 15.3 Å². The van der Waals surface area contributed by atoms with Crippen LogP contribution in [0.1, 0.15) is 23.7 Å². The highest BCUT2D eigenvalue weighted by atomic mass is 32.2. The van der Waals surface area contributed by atoms with E-state index in [0.29, 0.717) is 39.3 Å². The van der Waals surface area contributed by atoms with Gasteiger partial charge in [-0.25, -0.2) is 8.42 Å². The molecule has 2 aromatic rings. The number of benzene rings is 1. The molecule has 0 atom stereocenters. The molecule has 1 aromatic carbocycles. The molecule has 10 nitrogen and oxygen atoms in total. The SMILES string of the molecule is CCOc1ccccc1N1CCN(S(=O)(=O)c2nn(C)cc2C(=O)NCCCOC)CC1. The Hall–Kier alpha value is -2.63. The first-order valence-electron chi connectivity index (χ1n) is 10.7. The van der Waals surface area contributed by atoms with Gasteiger partial charge in [-0.05, 0) is 25.5 Å². The molecule has 1 aliphatic heterocycles. The fourth-order valence-electron chi connectivity index (χ4n) is 3.62. The number of nitrogens with zero attached hydrogens (tertiary/aromatic N) is 4. The zero-order chi connectivity index (χ0) is 23.1. The average molecular weight is 466 g/mol. The third-order valence-corrected chi connectivity index (χ3v) is 7.01. The lowest BCUT2D eigenvalue weighted by molar-refractivity contribution is 0.0945. The van der Waals surface area contributed by atoms with Crippen LogP contribution in [0, 0.1) is 0 Å². The van der Waals surface area contributed by atoms with Gasteiger partial charge in [0.2, 0.25) is 5.03 Å². The molecule has 1 aliphatic rings. The Morgan fingerprint density at radius 3 is 2.59 bits per heavy atom. The summed E-state index contributed by atoms with van der Waals surface area (Å²) in [6, 6.07) is 7.73. The predicted molar refractivity (Wildman–Crippen MR) is 121 cm³/mol. The van der Waals surface area contributed by atoms with E-state index in [1.54, 1.807) is 14.2 Å². The van der Waals surface area contributed by atoms with Crippen LogP contribution in [-0.2, 0) is 21.8 Å². The van der Waals surface area contributed by atoms with Crippen molar-refractivity contribution in [1.29, 1.82) is 0 Å². The largest absolute Gasteiger partial charge is 0.492 e. The van der Waals surface area contributed by atoms with E-state index in [4.69, 9.17) is 9.47 Å². The number of hydrogen-bond acceptors (Lipinski definition) is 7. The molecule has 0 spiro atoms. The molecule has 11 heteroatoms. The minimum Gasteiger partial charge on any atom is -0.492 e. The van der Waals surface area contributed by atoms with Crippen molar-refractivity contribution in [2.45, 2.75) is 18.4 Å². The summed E-state index contributed by atoms with van der Waals surface area (Å²) in [6.07, 6.45) is 2.07. The summed E-state index contributed by atoms with van der Waals surface area (Å²) in [7, 11) is -0.734. The van der Waals surface area contributed by atoms with Crippen LogP contribution in [-0.4, -0.2) is 81.5 Å². The van der Waals surface area contributed by atoms with Gasteiger partial charge in [-0.2, -0.15) is 9.40 Å². The fourth-order valence-corrected chi connectivity index (χ4v) is 5.16. The van der Waals surface area contributed by atoms with Crippen molar-refractivity contribution in [2.75, 3.05) is 57.9 Å². The lowest BCUT2D eigenvalue weighted by Crippen LogP contribution is -2.49. The van der Waals surface area contributed by atoms with Gasteiger partial charge in [-0.15, -0.1) is 0 Å². The Balaban J connectivity index is 1.72. The first-order valence-corrected chi connectivity index (χ1v) is 12.1. The van der Waals surface area contributed by atoms with E-state index in [9.17, 15) is 13.2 Å². The zero-order valence-electron chi connectivity index (χ0n) is 18.8. The van der Waals surface area contributed by atoms with Gasteiger partial charge in [0.1, 0.15) is 5.75 Å². The van der Waals surface area contributed by atoms with Gasteiger partial charge in [-0.3, -0.25) is 9.48 Å². The van der Waals surface area contributed by atoms with Gasteiger partial charge in [0.25, 0.3) is 15.9 Å². The third kappa shape index (κ3) is 5.40. The lowest BCUT2D eigenvalue weighted by Gasteiger charge is -2.35. The number of nitrogens with one attached hydrogen (secondary N) is 1. The Morgan fingerprint density at radius 2 is 1.91 bits per heavy atom. The first-order chi connectivity index (χ1) is 15.4. The highest BCUT2D eigenvalue weighted by Gasteiger charge is 2.34. The van der Waals surface area contributed by atoms with E-state index < -0.39 is 15.9 Å². The van der Waals surface area contributed by atoms with Gasteiger partial charge >= 0.3 is 0 Å². The first kappa shape index (κ1) is 24.0. The minimum atomic E-state index is -3.92. The standard InChI is InChI=1S/C21H31N5O5S/c1-4-31-19-9-6-5-8-18(19)25-11-13-26(14-12-25)32(28,29)21-17(16-24(2)23-21)20(27)22-10-7-15-30-3/h5-6,8-9,16H,4,7,10-15H2,1-3H3,(H,22,27). The van der Waals surface area contributed by atoms with Crippen molar-refractivity contribution < 1.29 is 22.7 Å². The topological polar surface area (TPSA) is 106 Å². The van der Waals surface area contributed by atoms with E-state index in [0.717, 1.165) is 11.4 Å². The number of sulfonamides is 1. The third-order valence-electron chi connectivity index (χ3n) is 5.18. The number of para-hydroxylation sites is 2. The highest BCUT2D eigenvalue weighted by molar-refractivity contribution is 7.89. The monoisotopic (exact) mass is 465 g/mol. The second-order valence-corrected chi connectivity index (χ2v) is 9.27. The van der Waals surface area contributed by atoms with Gasteiger partial charge < -0.3 is 19.7 Å².